The van der Waals surface area contributed by atoms with E-state index in [1.165, 1.54) is 12.8 Å². The Morgan fingerprint density at radius 3 is 2.93 bits per heavy atom. The van der Waals surface area contributed by atoms with E-state index in [-0.39, 0.29) is 12.6 Å². The highest BCUT2D eigenvalue weighted by Crippen LogP contribution is 2.20. The highest BCUT2D eigenvalue weighted by atomic mass is 35.5. The van der Waals surface area contributed by atoms with Crippen molar-refractivity contribution in [2.75, 3.05) is 6.61 Å². The normalized spacial score (nSPS) is 18.1. The Labute approximate surface area is 94.2 Å². The molecular weight excluding hydrogens is 214 g/mol. The van der Waals surface area contributed by atoms with E-state index in [4.69, 9.17) is 11.6 Å². The summed E-state index contributed by atoms with van der Waals surface area (Å²) in [7, 11) is 0. The monoisotopic (exact) mass is 229 g/mol. The van der Waals surface area contributed by atoms with Crippen molar-refractivity contribution in [2.24, 2.45) is 0 Å². The number of hydrogen-bond acceptors (Lipinski definition) is 3. The highest BCUT2D eigenvalue weighted by Gasteiger charge is 2.24. The molecule has 1 saturated carbocycles. The number of aliphatic hydroxyl groups excluding tert-OH is 1. The second kappa shape index (κ2) is 4.51. The van der Waals surface area contributed by atoms with E-state index in [9.17, 15) is 5.11 Å². The number of aromatic nitrogens is 2. The predicted molar refractivity (Wildman–Crippen MR) is 59.0 cm³/mol. The van der Waals surface area contributed by atoms with Gasteiger partial charge in [-0.25, -0.2) is 0 Å². The number of nitrogens with one attached hydrogen (secondary N) is 1. The number of rotatable bonds is 5. The predicted octanol–water partition coefficient (Wildman–Crippen LogP) is 0.958. The Hall–Kier alpha value is -0.580. The molecule has 0 amide bonds. The lowest BCUT2D eigenvalue weighted by molar-refractivity contribution is 0.224. The molecule has 1 aliphatic carbocycles. The van der Waals surface area contributed by atoms with E-state index in [0.717, 1.165) is 5.69 Å². The summed E-state index contributed by atoms with van der Waals surface area (Å²) >= 11 is 5.91. The van der Waals surface area contributed by atoms with Crippen molar-refractivity contribution >= 4 is 11.6 Å². The summed E-state index contributed by atoms with van der Waals surface area (Å²) in [5.41, 5.74) is 0.833. The first-order valence-electron chi connectivity index (χ1n) is 5.25. The molecule has 0 aliphatic heterocycles. The summed E-state index contributed by atoms with van der Waals surface area (Å²) in [6.07, 6.45) is 4.24. The molecule has 1 aromatic rings. The molecule has 1 atom stereocenters. The number of hydrogen-bond donors (Lipinski definition) is 2. The average Bonchev–Trinajstić information content (AvgIpc) is 2.94. The SMILES string of the molecule is Cc1nn(CC(CO)NC2CC2)cc1Cl. The van der Waals surface area contributed by atoms with E-state index in [1.807, 2.05) is 6.92 Å². The Morgan fingerprint density at radius 2 is 2.47 bits per heavy atom. The van der Waals surface area contributed by atoms with E-state index in [1.54, 1.807) is 10.9 Å². The second-order valence-corrected chi connectivity index (χ2v) is 4.51. The first kappa shape index (κ1) is 10.9. The lowest BCUT2D eigenvalue weighted by Gasteiger charge is -2.15. The molecular formula is C10H16ClN3O. The van der Waals surface area contributed by atoms with Gasteiger partial charge in [0.15, 0.2) is 0 Å². The van der Waals surface area contributed by atoms with E-state index in [0.29, 0.717) is 17.6 Å². The van der Waals surface area contributed by atoms with Crippen LogP contribution in [0.4, 0.5) is 0 Å². The molecule has 1 heterocycles. The Balaban J connectivity index is 1.92. The van der Waals surface area contributed by atoms with Gasteiger partial charge in [0.25, 0.3) is 0 Å². The summed E-state index contributed by atoms with van der Waals surface area (Å²) in [6, 6.07) is 0.669. The first-order valence-corrected chi connectivity index (χ1v) is 5.63. The van der Waals surface area contributed by atoms with Crippen molar-refractivity contribution in [3.8, 4) is 0 Å². The van der Waals surface area contributed by atoms with Crippen LogP contribution in [-0.2, 0) is 6.54 Å². The molecule has 0 saturated heterocycles. The van der Waals surface area contributed by atoms with Crippen LogP contribution in [-0.4, -0.2) is 33.6 Å². The molecule has 0 radical (unpaired) electrons. The standard InChI is InChI=1S/C10H16ClN3O/c1-7-10(11)5-14(13-7)4-9(6-15)12-8-2-3-8/h5,8-9,12,15H,2-4,6H2,1H3. The fraction of sp³-hybridized carbons (Fsp3) is 0.700. The van der Waals surface area contributed by atoms with Crippen molar-refractivity contribution in [1.29, 1.82) is 0 Å². The maximum absolute atomic E-state index is 9.20. The number of aryl methyl sites for hydroxylation is 1. The molecule has 0 aromatic carbocycles. The molecule has 1 aromatic heterocycles. The summed E-state index contributed by atoms with van der Waals surface area (Å²) in [4.78, 5) is 0. The van der Waals surface area contributed by atoms with Crippen LogP contribution in [0, 0.1) is 6.92 Å². The van der Waals surface area contributed by atoms with Crippen LogP contribution in [0.1, 0.15) is 18.5 Å². The molecule has 5 heteroatoms. The van der Waals surface area contributed by atoms with Gasteiger partial charge in [-0.1, -0.05) is 11.6 Å². The van der Waals surface area contributed by atoms with Crippen LogP contribution in [0.5, 0.6) is 0 Å². The van der Waals surface area contributed by atoms with Gasteiger partial charge in [0.1, 0.15) is 0 Å². The van der Waals surface area contributed by atoms with Gasteiger partial charge < -0.3 is 10.4 Å². The van der Waals surface area contributed by atoms with Crippen molar-refractivity contribution in [2.45, 2.75) is 38.4 Å². The number of nitrogens with zero attached hydrogens (tertiary/aromatic N) is 2. The summed E-state index contributed by atoms with van der Waals surface area (Å²) in [5.74, 6) is 0. The van der Waals surface area contributed by atoms with Gasteiger partial charge in [-0.3, -0.25) is 4.68 Å². The first-order chi connectivity index (χ1) is 7.19. The molecule has 1 fully saturated rings. The quantitative estimate of drug-likeness (QED) is 0.791. The zero-order valence-electron chi connectivity index (χ0n) is 8.78. The van der Waals surface area contributed by atoms with Gasteiger partial charge in [0.2, 0.25) is 0 Å². The van der Waals surface area contributed by atoms with Gasteiger partial charge in [0, 0.05) is 12.2 Å². The van der Waals surface area contributed by atoms with Crippen molar-refractivity contribution < 1.29 is 5.11 Å². The molecule has 0 bridgehead atoms. The Bertz CT molecular complexity index is 316. The molecule has 84 valence electrons. The fourth-order valence-electron chi connectivity index (χ4n) is 1.56. The average molecular weight is 230 g/mol. The van der Waals surface area contributed by atoms with Crippen LogP contribution >= 0.6 is 11.6 Å². The fourth-order valence-corrected chi connectivity index (χ4v) is 1.71. The van der Waals surface area contributed by atoms with Crippen LogP contribution in [0.15, 0.2) is 6.20 Å². The zero-order valence-corrected chi connectivity index (χ0v) is 9.54. The van der Waals surface area contributed by atoms with E-state index in [2.05, 4.69) is 10.4 Å². The minimum absolute atomic E-state index is 0.0767. The number of halogens is 1. The topological polar surface area (TPSA) is 50.1 Å². The van der Waals surface area contributed by atoms with E-state index < -0.39 is 0 Å². The molecule has 0 spiro atoms. The van der Waals surface area contributed by atoms with Gasteiger partial charge >= 0.3 is 0 Å². The van der Waals surface area contributed by atoms with Crippen molar-refractivity contribution in [3.05, 3.63) is 16.9 Å². The third kappa shape index (κ3) is 2.93. The van der Waals surface area contributed by atoms with Gasteiger partial charge in [-0.2, -0.15) is 5.10 Å². The van der Waals surface area contributed by atoms with Gasteiger partial charge in [0.05, 0.1) is 29.9 Å². The minimum Gasteiger partial charge on any atom is -0.395 e. The van der Waals surface area contributed by atoms with Crippen molar-refractivity contribution in [1.82, 2.24) is 15.1 Å². The van der Waals surface area contributed by atoms with Crippen LogP contribution < -0.4 is 5.32 Å². The summed E-state index contributed by atoms with van der Waals surface area (Å²) < 4.78 is 1.79. The molecule has 2 rings (SSSR count). The molecule has 1 unspecified atom stereocenters. The van der Waals surface area contributed by atoms with Gasteiger partial charge in [-0.05, 0) is 19.8 Å². The number of aliphatic hydroxyl groups is 1. The van der Waals surface area contributed by atoms with Crippen LogP contribution in [0.3, 0.4) is 0 Å². The van der Waals surface area contributed by atoms with Crippen LogP contribution in [0.2, 0.25) is 5.02 Å². The highest BCUT2D eigenvalue weighted by molar-refractivity contribution is 6.31. The molecule has 4 nitrogen and oxygen atoms in total. The third-order valence-electron chi connectivity index (χ3n) is 2.56. The molecule has 15 heavy (non-hydrogen) atoms. The second-order valence-electron chi connectivity index (χ2n) is 4.10. The third-order valence-corrected chi connectivity index (χ3v) is 2.93. The maximum atomic E-state index is 9.20. The lowest BCUT2D eigenvalue weighted by atomic mass is 10.3. The van der Waals surface area contributed by atoms with E-state index >= 15 is 0 Å². The summed E-state index contributed by atoms with van der Waals surface area (Å²) in [5, 5.41) is 17.5. The van der Waals surface area contributed by atoms with Crippen molar-refractivity contribution in [3.63, 3.8) is 0 Å². The smallest absolute Gasteiger partial charge is 0.0814 e. The summed E-state index contributed by atoms with van der Waals surface area (Å²) in [6.45, 7) is 2.68. The zero-order chi connectivity index (χ0) is 10.8. The van der Waals surface area contributed by atoms with Crippen LogP contribution in [0.25, 0.3) is 0 Å². The lowest BCUT2D eigenvalue weighted by Crippen LogP contribution is -2.38. The Kier molecular flexibility index (Phi) is 3.29. The molecule has 1 aliphatic rings. The van der Waals surface area contributed by atoms with Gasteiger partial charge in [-0.15, -0.1) is 0 Å². The Morgan fingerprint density at radius 1 is 1.73 bits per heavy atom. The molecule has 2 N–H and O–H groups in total. The minimum atomic E-state index is 0.0767. The maximum Gasteiger partial charge on any atom is 0.0814 e. The largest absolute Gasteiger partial charge is 0.395 e.